The van der Waals surface area contributed by atoms with Crippen LogP contribution in [0.5, 0.6) is 0 Å². The van der Waals surface area contributed by atoms with Gasteiger partial charge in [0, 0.05) is 6.07 Å². The highest BCUT2D eigenvalue weighted by Crippen LogP contribution is 2.16. The highest BCUT2D eigenvalue weighted by Gasteiger charge is 2.22. The fourth-order valence-electron chi connectivity index (χ4n) is 1.62. The molecule has 0 aliphatic carbocycles. The maximum Gasteiger partial charge on any atom is 0.374 e. The summed E-state index contributed by atoms with van der Waals surface area (Å²) in [6, 6.07) is 8.10. The third kappa shape index (κ3) is 0.619. The van der Waals surface area contributed by atoms with Crippen LogP contribution in [0, 0.1) is 0 Å². The van der Waals surface area contributed by atoms with Crippen LogP contribution in [0.2, 0.25) is 0 Å². The summed E-state index contributed by atoms with van der Waals surface area (Å²) in [5.41, 5.74) is 2.15. The molecule has 1 aliphatic heterocycles. The maximum atomic E-state index is 5.59. The van der Waals surface area contributed by atoms with Crippen molar-refractivity contribution in [3.63, 3.8) is 0 Å². The van der Waals surface area contributed by atoms with Gasteiger partial charge in [-0.15, -0.1) is 0 Å². The number of nitrogens with zero attached hydrogens (tertiary/aromatic N) is 1. The van der Waals surface area contributed by atoms with Crippen molar-refractivity contribution in [3.8, 4) is 0 Å². The van der Waals surface area contributed by atoms with Gasteiger partial charge in [0.25, 0.3) is 5.52 Å². The van der Waals surface area contributed by atoms with Crippen LogP contribution >= 0.6 is 0 Å². The quantitative estimate of drug-likeness (QED) is 0.534. The van der Waals surface area contributed by atoms with Crippen molar-refractivity contribution in [2.45, 2.75) is 6.54 Å². The van der Waals surface area contributed by atoms with E-state index >= 15 is 0 Å². The van der Waals surface area contributed by atoms with E-state index in [1.165, 1.54) is 5.52 Å². The van der Waals surface area contributed by atoms with E-state index in [4.69, 9.17) is 4.42 Å². The molecule has 0 atom stereocenters. The molecule has 58 valence electrons. The molecule has 0 N–H and O–H groups in total. The van der Waals surface area contributed by atoms with Crippen LogP contribution in [0.15, 0.2) is 34.8 Å². The number of fused-ring (bicyclic) bond motifs is 3. The first kappa shape index (κ1) is 6.00. The van der Waals surface area contributed by atoms with Gasteiger partial charge in [-0.3, -0.25) is 0 Å². The molecule has 1 aliphatic rings. The maximum absolute atomic E-state index is 5.59. The lowest BCUT2D eigenvalue weighted by atomic mass is 10.3. The first-order chi connectivity index (χ1) is 5.95. The van der Waals surface area contributed by atoms with Crippen molar-refractivity contribution in [1.82, 2.24) is 0 Å². The molecular weight excluding hydrogens is 150 g/mol. The second-order valence-corrected chi connectivity index (χ2v) is 2.92. The van der Waals surface area contributed by atoms with E-state index in [0.717, 1.165) is 18.0 Å². The Morgan fingerprint density at radius 3 is 3.17 bits per heavy atom. The minimum Gasteiger partial charge on any atom is -0.398 e. The van der Waals surface area contributed by atoms with E-state index in [1.54, 1.807) is 0 Å². The third-order valence-corrected chi connectivity index (χ3v) is 2.19. The Labute approximate surface area is 69.7 Å². The highest BCUT2D eigenvalue weighted by atomic mass is 16.4. The minimum atomic E-state index is 0.937. The fourth-order valence-corrected chi connectivity index (χ4v) is 1.62. The van der Waals surface area contributed by atoms with Gasteiger partial charge in [-0.25, -0.2) is 0 Å². The Morgan fingerprint density at radius 1 is 1.25 bits per heavy atom. The Kier molecular flexibility index (Phi) is 0.987. The second kappa shape index (κ2) is 1.97. The van der Waals surface area contributed by atoms with Gasteiger partial charge in [0.15, 0.2) is 6.54 Å². The fraction of sp³-hybridized carbons (Fsp3) is 0.100. The van der Waals surface area contributed by atoms with Crippen LogP contribution in [0.4, 0.5) is 0 Å². The zero-order chi connectivity index (χ0) is 7.97. The summed E-state index contributed by atoms with van der Waals surface area (Å²) in [7, 11) is 0. The van der Waals surface area contributed by atoms with Crippen LogP contribution in [0.1, 0.15) is 5.89 Å². The molecule has 2 nitrogen and oxygen atoms in total. The normalized spacial score (nSPS) is 14.0. The van der Waals surface area contributed by atoms with E-state index in [0.29, 0.717) is 0 Å². The number of hydrogen-bond donors (Lipinski definition) is 0. The molecule has 2 heteroatoms. The predicted octanol–water partition coefficient (Wildman–Crippen LogP) is 1.75. The van der Waals surface area contributed by atoms with Crippen LogP contribution < -0.4 is 4.57 Å². The van der Waals surface area contributed by atoms with Crippen LogP contribution in [0.25, 0.3) is 17.2 Å². The molecular formula is C10H8NO+. The largest absolute Gasteiger partial charge is 0.398 e. The van der Waals surface area contributed by atoms with Gasteiger partial charge in [0.05, 0.1) is 6.08 Å². The second-order valence-electron chi connectivity index (χ2n) is 2.92. The van der Waals surface area contributed by atoms with Crippen LogP contribution in [-0.2, 0) is 6.54 Å². The van der Waals surface area contributed by atoms with Crippen molar-refractivity contribution in [2.75, 3.05) is 0 Å². The van der Waals surface area contributed by atoms with Gasteiger partial charge in [-0.1, -0.05) is 12.1 Å². The number of rotatable bonds is 0. The number of hydrogen-bond acceptors (Lipinski definition) is 1. The smallest absolute Gasteiger partial charge is 0.374 e. The molecule has 2 heterocycles. The topological polar surface area (TPSA) is 17.0 Å². The van der Waals surface area contributed by atoms with E-state index in [2.05, 4.69) is 16.7 Å². The molecule has 0 radical (unpaired) electrons. The van der Waals surface area contributed by atoms with Crippen molar-refractivity contribution in [3.05, 3.63) is 36.2 Å². The molecule has 1 aromatic heterocycles. The Balaban J connectivity index is 2.49. The number of para-hydroxylation sites is 2. The third-order valence-electron chi connectivity index (χ3n) is 2.19. The molecule has 12 heavy (non-hydrogen) atoms. The van der Waals surface area contributed by atoms with Crippen molar-refractivity contribution in [1.29, 1.82) is 0 Å². The van der Waals surface area contributed by atoms with E-state index < -0.39 is 0 Å². The van der Waals surface area contributed by atoms with Gasteiger partial charge in [0.1, 0.15) is 0 Å². The Bertz CT molecular complexity index is 468. The Morgan fingerprint density at radius 2 is 2.17 bits per heavy atom. The lowest BCUT2D eigenvalue weighted by molar-refractivity contribution is -0.663. The lowest BCUT2D eigenvalue weighted by Crippen LogP contribution is -2.30. The molecule has 0 fully saturated rings. The zero-order valence-corrected chi connectivity index (χ0v) is 6.53. The van der Waals surface area contributed by atoms with Gasteiger partial charge in [-0.2, -0.15) is 4.57 Å². The summed E-state index contributed by atoms with van der Waals surface area (Å²) in [6.45, 7) is 0.937. The summed E-state index contributed by atoms with van der Waals surface area (Å²) in [6.07, 6.45) is 4.12. The molecule has 0 unspecified atom stereocenters. The predicted molar refractivity (Wildman–Crippen MR) is 45.4 cm³/mol. The molecule has 0 saturated heterocycles. The van der Waals surface area contributed by atoms with Gasteiger partial charge < -0.3 is 4.42 Å². The average Bonchev–Trinajstić information content (AvgIpc) is 2.62. The number of benzene rings is 1. The average molecular weight is 158 g/mol. The van der Waals surface area contributed by atoms with Crippen LogP contribution in [0.3, 0.4) is 0 Å². The van der Waals surface area contributed by atoms with E-state index in [1.807, 2.05) is 24.3 Å². The SMILES string of the molecule is C1=Cc2oc3ccccc3[n+]2C1. The van der Waals surface area contributed by atoms with Gasteiger partial charge in [-0.05, 0) is 12.1 Å². The summed E-state index contributed by atoms with van der Waals surface area (Å²) in [5, 5.41) is 0. The van der Waals surface area contributed by atoms with Gasteiger partial charge in [0.2, 0.25) is 5.58 Å². The number of aromatic nitrogens is 1. The first-order valence-corrected chi connectivity index (χ1v) is 4.03. The molecule has 0 spiro atoms. The summed E-state index contributed by atoms with van der Waals surface area (Å²) < 4.78 is 7.75. The van der Waals surface area contributed by atoms with Crippen molar-refractivity contribution in [2.24, 2.45) is 0 Å². The lowest BCUT2D eigenvalue weighted by Gasteiger charge is -1.82. The molecule has 3 rings (SSSR count). The summed E-state index contributed by atoms with van der Waals surface area (Å²) in [5.74, 6) is 0.955. The van der Waals surface area contributed by atoms with E-state index in [-0.39, 0.29) is 0 Å². The standard InChI is InChI=1S/C10H8NO/c1-2-5-9-8(4-1)11-7-3-6-10(11)12-9/h1-6H,7H2/q+1. The van der Waals surface area contributed by atoms with Crippen molar-refractivity contribution < 1.29 is 8.98 Å². The Hall–Kier alpha value is -1.57. The molecule has 1 aromatic carbocycles. The molecule has 0 amide bonds. The molecule has 2 aromatic rings. The monoisotopic (exact) mass is 158 g/mol. The van der Waals surface area contributed by atoms with E-state index in [9.17, 15) is 0 Å². The molecule has 0 saturated carbocycles. The molecule has 0 bridgehead atoms. The number of oxazole rings is 1. The minimum absolute atomic E-state index is 0.937. The van der Waals surface area contributed by atoms with Crippen molar-refractivity contribution >= 4 is 17.2 Å². The van der Waals surface area contributed by atoms with Gasteiger partial charge >= 0.3 is 5.89 Å². The zero-order valence-electron chi connectivity index (χ0n) is 6.53. The first-order valence-electron chi connectivity index (χ1n) is 4.03. The summed E-state index contributed by atoms with van der Waals surface area (Å²) >= 11 is 0. The van der Waals surface area contributed by atoms with Crippen LogP contribution in [-0.4, -0.2) is 0 Å². The summed E-state index contributed by atoms with van der Waals surface area (Å²) in [4.78, 5) is 0. The number of allylic oxidation sites excluding steroid dienone is 1. The highest BCUT2D eigenvalue weighted by molar-refractivity contribution is 5.69.